The maximum Gasteiger partial charge on any atom is 0.201 e. The number of fused-ring (bicyclic) bond motifs is 1. The SMILES string of the molecule is Nc1nc2ccc(F)c(F)c2n1Cc1ccc(Br)cc1. The summed E-state index contributed by atoms with van der Waals surface area (Å²) in [4.78, 5) is 4.05. The van der Waals surface area contributed by atoms with E-state index in [1.807, 2.05) is 24.3 Å². The first-order chi connectivity index (χ1) is 9.56. The van der Waals surface area contributed by atoms with Gasteiger partial charge in [-0.05, 0) is 29.8 Å². The van der Waals surface area contributed by atoms with Crippen LogP contribution in [0.1, 0.15) is 5.56 Å². The van der Waals surface area contributed by atoms with Crippen molar-refractivity contribution in [3.05, 3.63) is 58.1 Å². The van der Waals surface area contributed by atoms with E-state index in [0.717, 1.165) is 16.1 Å². The van der Waals surface area contributed by atoms with Crippen molar-refractivity contribution in [2.45, 2.75) is 6.54 Å². The quantitative estimate of drug-likeness (QED) is 0.774. The number of imidazole rings is 1. The van der Waals surface area contributed by atoms with E-state index in [9.17, 15) is 8.78 Å². The van der Waals surface area contributed by atoms with Crippen molar-refractivity contribution in [2.75, 3.05) is 5.73 Å². The number of hydrogen-bond donors (Lipinski definition) is 1. The molecule has 0 unspecified atom stereocenters. The van der Waals surface area contributed by atoms with Crippen LogP contribution in [0.5, 0.6) is 0 Å². The second-order valence-corrected chi connectivity index (χ2v) is 5.33. The van der Waals surface area contributed by atoms with E-state index >= 15 is 0 Å². The standard InChI is InChI=1S/C14H10BrF2N3/c15-9-3-1-8(2-4-9)7-20-13-11(19-14(20)18)6-5-10(16)12(13)17/h1-6H,7H2,(H2,18,19). The molecule has 0 bridgehead atoms. The average Bonchev–Trinajstić information content (AvgIpc) is 2.74. The Labute approximate surface area is 122 Å². The normalized spacial score (nSPS) is 11.2. The average molecular weight is 338 g/mol. The number of nitrogens with two attached hydrogens (primary N) is 1. The van der Waals surface area contributed by atoms with E-state index in [0.29, 0.717) is 12.1 Å². The number of nitrogens with zero attached hydrogens (tertiary/aromatic N) is 2. The minimum atomic E-state index is -0.927. The zero-order chi connectivity index (χ0) is 14.3. The van der Waals surface area contributed by atoms with Gasteiger partial charge < -0.3 is 10.3 Å². The van der Waals surface area contributed by atoms with Crippen LogP contribution in [0.15, 0.2) is 40.9 Å². The summed E-state index contributed by atoms with van der Waals surface area (Å²) in [6.45, 7) is 0.329. The Morgan fingerprint density at radius 3 is 2.50 bits per heavy atom. The highest BCUT2D eigenvalue weighted by Crippen LogP contribution is 2.24. The van der Waals surface area contributed by atoms with Crippen LogP contribution >= 0.6 is 15.9 Å². The van der Waals surface area contributed by atoms with E-state index in [4.69, 9.17) is 5.73 Å². The lowest BCUT2D eigenvalue weighted by molar-refractivity contribution is 0.512. The van der Waals surface area contributed by atoms with Gasteiger partial charge in [0.1, 0.15) is 5.52 Å². The Morgan fingerprint density at radius 1 is 1.10 bits per heavy atom. The first-order valence-electron chi connectivity index (χ1n) is 5.90. The number of hydrogen-bond acceptors (Lipinski definition) is 2. The first kappa shape index (κ1) is 13.1. The predicted molar refractivity (Wildman–Crippen MR) is 77.3 cm³/mol. The van der Waals surface area contributed by atoms with Gasteiger partial charge in [-0.1, -0.05) is 28.1 Å². The van der Waals surface area contributed by atoms with E-state index in [2.05, 4.69) is 20.9 Å². The third-order valence-electron chi connectivity index (χ3n) is 3.08. The molecule has 2 N–H and O–H groups in total. The summed E-state index contributed by atoms with van der Waals surface area (Å²) in [5, 5.41) is 0. The maximum absolute atomic E-state index is 13.9. The van der Waals surface area contributed by atoms with Gasteiger partial charge in [-0.2, -0.15) is 0 Å². The monoisotopic (exact) mass is 337 g/mol. The molecule has 1 aromatic heterocycles. The highest BCUT2D eigenvalue weighted by molar-refractivity contribution is 9.10. The number of benzene rings is 2. The summed E-state index contributed by atoms with van der Waals surface area (Å²) in [6, 6.07) is 9.98. The number of nitrogen functional groups attached to an aromatic ring is 1. The zero-order valence-electron chi connectivity index (χ0n) is 10.3. The predicted octanol–water partition coefficient (Wildman–Crippen LogP) is 3.71. The molecule has 0 spiro atoms. The van der Waals surface area contributed by atoms with Crippen LogP contribution in [-0.4, -0.2) is 9.55 Å². The molecule has 3 nitrogen and oxygen atoms in total. The van der Waals surface area contributed by atoms with Gasteiger partial charge in [-0.25, -0.2) is 13.8 Å². The number of halogens is 3. The van der Waals surface area contributed by atoms with Gasteiger partial charge in [0, 0.05) is 4.47 Å². The van der Waals surface area contributed by atoms with Crippen LogP contribution in [-0.2, 0) is 6.54 Å². The van der Waals surface area contributed by atoms with Crippen molar-refractivity contribution < 1.29 is 8.78 Å². The van der Waals surface area contributed by atoms with Gasteiger partial charge in [0.15, 0.2) is 11.6 Å². The molecule has 0 saturated carbocycles. The Balaban J connectivity index is 2.13. The summed E-state index contributed by atoms with van der Waals surface area (Å²) in [5.41, 5.74) is 7.16. The highest BCUT2D eigenvalue weighted by Gasteiger charge is 2.16. The molecular weight excluding hydrogens is 328 g/mol. The van der Waals surface area contributed by atoms with Crippen LogP contribution in [0.2, 0.25) is 0 Å². The third-order valence-corrected chi connectivity index (χ3v) is 3.61. The number of aromatic nitrogens is 2. The molecule has 102 valence electrons. The maximum atomic E-state index is 13.9. The van der Waals surface area contributed by atoms with Crippen LogP contribution in [0.3, 0.4) is 0 Å². The Kier molecular flexibility index (Phi) is 3.17. The Hall–Kier alpha value is -1.95. The fourth-order valence-electron chi connectivity index (χ4n) is 2.11. The van der Waals surface area contributed by atoms with Crippen molar-refractivity contribution in [2.24, 2.45) is 0 Å². The fraction of sp³-hybridized carbons (Fsp3) is 0.0714. The highest BCUT2D eigenvalue weighted by atomic mass is 79.9. The lowest BCUT2D eigenvalue weighted by Crippen LogP contribution is -2.05. The summed E-state index contributed by atoms with van der Waals surface area (Å²) < 4.78 is 29.7. The van der Waals surface area contributed by atoms with Gasteiger partial charge >= 0.3 is 0 Å². The topological polar surface area (TPSA) is 43.8 Å². The second kappa shape index (κ2) is 4.86. The number of anilines is 1. The molecule has 1 heterocycles. The van der Waals surface area contributed by atoms with Gasteiger partial charge in [0.2, 0.25) is 5.95 Å². The molecule has 3 aromatic rings. The minimum absolute atomic E-state index is 0.0884. The lowest BCUT2D eigenvalue weighted by Gasteiger charge is -2.07. The molecular formula is C14H10BrF2N3. The van der Waals surface area contributed by atoms with E-state index in [1.165, 1.54) is 10.6 Å². The summed E-state index contributed by atoms with van der Waals surface area (Å²) >= 11 is 3.35. The van der Waals surface area contributed by atoms with Crippen molar-refractivity contribution in [1.82, 2.24) is 9.55 Å². The van der Waals surface area contributed by atoms with Crippen LogP contribution in [0.25, 0.3) is 11.0 Å². The minimum Gasteiger partial charge on any atom is -0.369 e. The van der Waals surface area contributed by atoms with Crippen molar-refractivity contribution >= 4 is 32.9 Å². The molecule has 0 fully saturated rings. The lowest BCUT2D eigenvalue weighted by atomic mass is 10.2. The van der Waals surface area contributed by atoms with Gasteiger partial charge in [0.05, 0.1) is 12.1 Å². The van der Waals surface area contributed by atoms with Crippen molar-refractivity contribution in [3.8, 4) is 0 Å². The number of rotatable bonds is 2. The van der Waals surface area contributed by atoms with Crippen LogP contribution in [0, 0.1) is 11.6 Å². The molecule has 0 saturated heterocycles. The van der Waals surface area contributed by atoms with E-state index in [1.54, 1.807) is 0 Å². The molecule has 0 aliphatic heterocycles. The molecule has 20 heavy (non-hydrogen) atoms. The molecule has 0 atom stereocenters. The van der Waals surface area contributed by atoms with Crippen LogP contribution in [0.4, 0.5) is 14.7 Å². The van der Waals surface area contributed by atoms with Crippen molar-refractivity contribution in [1.29, 1.82) is 0 Å². The molecule has 6 heteroatoms. The van der Waals surface area contributed by atoms with Crippen molar-refractivity contribution in [3.63, 3.8) is 0 Å². The molecule has 2 aromatic carbocycles. The van der Waals surface area contributed by atoms with Gasteiger partial charge in [-0.15, -0.1) is 0 Å². The zero-order valence-corrected chi connectivity index (χ0v) is 11.9. The fourth-order valence-corrected chi connectivity index (χ4v) is 2.37. The van der Waals surface area contributed by atoms with Crippen LogP contribution < -0.4 is 5.73 Å². The third kappa shape index (κ3) is 2.16. The van der Waals surface area contributed by atoms with E-state index in [-0.39, 0.29) is 11.5 Å². The molecule has 0 amide bonds. The molecule has 0 radical (unpaired) electrons. The van der Waals surface area contributed by atoms with Gasteiger partial charge in [0.25, 0.3) is 0 Å². The summed E-state index contributed by atoms with van der Waals surface area (Å²) in [7, 11) is 0. The second-order valence-electron chi connectivity index (χ2n) is 4.41. The molecule has 0 aliphatic carbocycles. The molecule has 0 aliphatic rings. The first-order valence-corrected chi connectivity index (χ1v) is 6.69. The summed E-state index contributed by atoms with van der Waals surface area (Å²) in [5.74, 6) is -1.68. The van der Waals surface area contributed by atoms with Gasteiger partial charge in [-0.3, -0.25) is 0 Å². The summed E-state index contributed by atoms with van der Waals surface area (Å²) in [6.07, 6.45) is 0. The van der Waals surface area contributed by atoms with E-state index < -0.39 is 11.6 Å². The smallest absolute Gasteiger partial charge is 0.201 e. The molecule has 3 rings (SSSR count). The Bertz CT molecular complexity index is 781. The largest absolute Gasteiger partial charge is 0.369 e. The Morgan fingerprint density at radius 2 is 1.80 bits per heavy atom.